The Labute approximate surface area is 124 Å². The van der Waals surface area contributed by atoms with Crippen molar-refractivity contribution in [1.29, 1.82) is 0 Å². The van der Waals surface area contributed by atoms with E-state index in [1.807, 2.05) is 30.3 Å². The van der Waals surface area contributed by atoms with Crippen molar-refractivity contribution in [3.63, 3.8) is 0 Å². The fourth-order valence-corrected chi connectivity index (χ4v) is 3.13. The van der Waals surface area contributed by atoms with Crippen LogP contribution in [0.5, 0.6) is 0 Å². The molecule has 1 aromatic rings. The van der Waals surface area contributed by atoms with Gasteiger partial charge < -0.3 is 16.2 Å². The summed E-state index contributed by atoms with van der Waals surface area (Å²) in [6.45, 7) is 1.65. The van der Waals surface area contributed by atoms with Gasteiger partial charge in [-0.25, -0.2) is 0 Å². The molecule has 5 nitrogen and oxygen atoms in total. The van der Waals surface area contributed by atoms with Crippen molar-refractivity contribution in [2.24, 2.45) is 11.7 Å². The molecule has 4 atom stereocenters. The molecule has 0 spiro atoms. The molecule has 4 N–H and O–H groups in total. The number of carbonyl (C=O) groups is 2. The van der Waals surface area contributed by atoms with Crippen molar-refractivity contribution < 1.29 is 14.7 Å². The summed E-state index contributed by atoms with van der Waals surface area (Å²) in [5.41, 5.74) is 6.71. The molecule has 1 aliphatic carbocycles. The highest BCUT2D eigenvalue weighted by atomic mass is 16.4. The van der Waals surface area contributed by atoms with E-state index in [0.717, 1.165) is 12.0 Å². The molecule has 1 saturated carbocycles. The van der Waals surface area contributed by atoms with E-state index >= 15 is 0 Å². The number of carbonyl (C=O) groups excluding carboxylic acids is 1. The molecule has 114 valence electrons. The third-order valence-corrected chi connectivity index (χ3v) is 4.12. The van der Waals surface area contributed by atoms with Crippen LogP contribution in [-0.4, -0.2) is 29.1 Å². The average molecular weight is 290 g/mol. The lowest BCUT2D eigenvalue weighted by molar-refractivity contribution is -0.138. The zero-order chi connectivity index (χ0) is 15.4. The predicted octanol–water partition coefficient (Wildman–Crippen LogP) is 1.49. The average Bonchev–Trinajstić information content (AvgIpc) is 2.81. The van der Waals surface area contributed by atoms with Gasteiger partial charge in [0.25, 0.3) is 0 Å². The van der Waals surface area contributed by atoms with Crippen molar-refractivity contribution in [3.05, 3.63) is 35.9 Å². The van der Waals surface area contributed by atoms with Crippen molar-refractivity contribution in [1.82, 2.24) is 5.32 Å². The SMILES string of the molecule is C[C@H](N)C(=O)NC1CC(CC(=O)O)C(c2ccccc2)C1. The number of hydrogen-bond donors (Lipinski definition) is 3. The Morgan fingerprint density at radius 3 is 2.57 bits per heavy atom. The van der Waals surface area contributed by atoms with Gasteiger partial charge in [-0.3, -0.25) is 9.59 Å². The van der Waals surface area contributed by atoms with Gasteiger partial charge in [-0.1, -0.05) is 30.3 Å². The summed E-state index contributed by atoms with van der Waals surface area (Å²) in [5, 5.41) is 12.0. The van der Waals surface area contributed by atoms with Gasteiger partial charge in [-0.15, -0.1) is 0 Å². The maximum Gasteiger partial charge on any atom is 0.303 e. The predicted molar refractivity (Wildman–Crippen MR) is 79.7 cm³/mol. The number of carboxylic acids is 1. The highest BCUT2D eigenvalue weighted by Gasteiger charge is 2.37. The molecular formula is C16H22N2O3. The van der Waals surface area contributed by atoms with Crippen LogP contribution in [0, 0.1) is 5.92 Å². The van der Waals surface area contributed by atoms with Gasteiger partial charge in [-0.2, -0.15) is 0 Å². The largest absolute Gasteiger partial charge is 0.481 e. The molecule has 1 aliphatic rings. The van der Waals surface area contributed by atoms with Crippen LogP contribution >= 0.6 is 0 Å². The number of benzene rings is 1. The number of carboxylic acid groups (broad SMARTS) is 1. The second-order valence-corrected chi connectivity index (χ2v) is 5.84. The zero-order valence-electron chi connectivity index (χ0n) is 12.2. The molecule has 0 bridgehead atoms. The molecule has 0 radical (unpaired) electrons. The van der Waals surface area contributed by atoms with E-state index in [9.17, 15) is 9.59 Å². The third kappa shape index (κ3) is 4.04. The molecule has 1 aromatic carbocycles. The Morgan fingerprint density at radius 1 is 1.33 bits per heavy atom. The fraction of sp³-hybridized carbons (Fsp3) is 0.500. The Hall–Kier alpha value is -1.88. The standard InChI is InChI=1S/C16H22N2O3/c1-10(17)16(21)18-13-7-12(8-15(19)20)14(9-13)11-5-3-2-4-6-11/h2-6,10,12-14H,7-9,17H2,1H3,(H,18,21)(H,19,20)/t10-,12?,13?,14?/m0/s1. The molecule has 1 amide bonds. The van der Waals surface area contributed by atoms with Gasteiger partial charge in [-0.05, 0) is 37.2 Å². The fourth-order valence-electron chi connectivity index (χ4n) is 3.13. The summed E-state index contributed by atoms with van der Waals surface area (Å²) in [4.78, 5) is 22.8. The van der Waals surface area contributed by atoms with E-state index < -0.39 is 12.0 Å². The molecule has 0 aromatic heterocycles. The molecule has 3 unspecified atom stereocenters. The summed E-state index contributed by atoms with van der Waals surface area (Å²) in [6.07, 6.45) is 1.58. The molecule has 2 rings (SSSR count). The van der Waals surface area contributed by atoms with Crippen molar-refractivity contribution in [2.75, 3.05) is 0 Å². The summed E-state index contributed by atoms with van der Waals surface area (Å²) < 4.78 is 0. The van der Waals surface area contributed by atoms with E-state index in [2.05, 4.69) is 5.32 Å². The van der Waals surface area contributed by atoms with E-state index in [-0.39, 0.29) is 30.2 Å². The molecule has 5 heteroatoms. The lowest BCUT2D eigenvalue weighted by atomic mass is 9.87. The van der Waals surface area contributed by atoms with E-state index in [1.54, 1.807) is 6.92 Å². The van der Waals surface area contributed by atoms with Gasteiger partial charge in [0, 0.05) is 12.5 Å². The highest BCUT2D eigenvalue weighted by molar-refractivity contribution is 5.81. The summed E-state index contributed by atoms with van der Waals surface area (Å²) in [6, 6.07) is 9.36. The van der Waals surface area contributed by atoms with Crippen molar-refractivity contribution in [3.8, 4) is 0 Å². The quantitative estimate of drug-likeness (QED) is 0.766. The van der Waals surface area contributed by atoms with Gasteiger partial charge in [0.05, 0.1) is 6.04 Å². The summed E-state index contributed by atoms with van der Waals surface area (Å²) in [7, 11) is 0. The highest BCUT2D eigenvalue weighted by Crippen LogP contribution is 2.41. The monoisotopic (exact) mass is 290 g/mol. The van der Waals surface area contributed by atoms with Crippen LogP contribution in [0.2, 0.25) is 0 Å². The van der Waals surface area contributed by atoms with Crippen LogP contribution in [-0.2, 0) is 9.59 Å². The smallest absolute Gasteiger partial charge is 0.303 e. The first-order valence-electron chi connectivity index (χ1n) is 7.30. The normalized spacial score (nSPS) is 26.3. The molecule has 0 aliphatic heterocycles. The second-order valence-electron chi connectivity index (χ2n) is 5.84. The van der Waals surface area contributed by atoms with Crippen LogP contribution in [0.4, 0.5) is 0 Å². The van der Waals surface area contributed by atoms with Crippen LogP contribution in [0.15, 0.2) is 30.3 Å². The van der Waals surface area contributed by atoms with Crippen LogP contribution < -0.4 is 11.1 Å². The number of nitrogens with two attached hydrogens (primary N) is 1. The molecule has 0 saturated heterocycles. The molecular weight excluding hydrogens is 268 g/mol. The number of hydrogen-bond acceptors (Lipinski definition) is 3. The number of aliphatic carboxylic acids is 1. The third-order valence-electron chi connectivity index (χ3n) is 4.12. The van der Waals surface area contributed by atoms with E-state index in [0.29, 0.717) is 6.42 Å². The van der Waals surface area contributed by atoms with E-state index in [4.69, 9.17) is 10.8 Å². The molecule has 0 heterocycles. The maximum absolute atomic E-state index is 11.7. The Bertz CT molecular complexity index is 502. The second kappa shape index (κ2) is 6.72. The minimum absolute atomic E-state index is 0.00180. The molecule has 1 fully saturated rings. The Balaban J connectivity index is 2.10. The zero-order valence-corrected chi connectivity index (χ0v) is 12.2. The molecule has 21 heavy (non-hydrogen) atoms. The van der Waals surface area contributed by atoms with Crippen LogP contribution in [0.25, 0.3) is 0 Å². The summed E-state index contributed by atoms with van der Waals surface area (Å²) >= 11 is 0. The first kappa shape index (κ1) is 15.5. The minimum atomic E-state index is -0.792. The number of amides is 1. The minimum Gasteiger partial charge on any atom is -0.481 e. The maximum atomic E-state index is 11.7. The lowest BCUT2D eigenvalue weighted by Gasteiger charge is -2.17. The van der Waals surface area contributed by atoms with Crippen molar-refractivity contribution >= 4 is 11.9 Å². The lowest BCUT2D eigenvalue weighted by Crippen LogP contribution is -2.43. The Morgan fingerprint density at radius 2 is 2.00 bits per heavy atom. The van der Waals surface area contributed by atoms with Crippen LogP contribution in [0.3, 0.4) is 0 Å². The summed E-state index contributed by atoms with van der Waals surface area (Å²) in [5.74, 6) is -0.758. The number of rotatable bonds is 5. The first-order chi connectivity index (χ1) is 9.97. The number of nitrogens with one attached hydrogen (secondary N) is 1. The van der Waals surface area contributed by atoms with Gasteiger partial charge in [0.15, 0.2) is 0 Å². The van der Waals surface area contributed by atoms with Crippen molar-refractivity contribution in [2.45, 2.75) is 44.2 Å². The van der Waals surface area contributed by atoms with Gasteiger partial charge in [0.2, 0.25) is 5.91 Å². The van der Waals surface area contributed by atoms with E-state index in [1.165, 1.54) is 0 Å². The first-order valence-corrected chi connectivity index (χ1v) is 7.30. The van der Waals surface area contributed by atoms with Gasteiger partial charge >= 0.3 is 5.97 Å². The topological polar surface area (TPSA) is 92.4 Å². The van der Waals surface area contributed by atoms with Crippen LogP contribution in [0.1, 0.15) is 37.7 Å². The Kier molecular flexibility index (Phi) is 4.96. The van der Waals surface area contributed by atoms with Gasteiger partial charge in [0.1, 0.15) is 0 Å².